The van der Waals surface area contributed by atoms with E-state index in [1.165, 1.54) is 6.26 Å². The van der Waals surface area contributed by atoms with Crippen LogP contribution in [0.25, 0.3) is 33.8 Å². The van der Waals surface area contributed by atoms with Gasteiger partial charge < -0.3 is 8.94 Å². The van der Waals surface area contributed by atoms with Gasteiger partial charge in [0.25, 0.3) is 10.0 Å². The summed E-state index contributed by atoms with van der Waals surface area (Å²) in [5.41, 5.74) is 6.69. The highest BCUT2D eigenvalue weighted by atomic mass is 32.2. The Hall–Kier alpha value is -5.03. The fourth-order valence-corrected chi connectivity index (χ4v) is 5.76. The maximum Gasteiger partial charge on any atom is 0.264 e. The van der Waals surface area contributed by atoms with Crippen molar-refractivity contribution in [2.45, 2.75) is 32.2 Å². The van der Waals surface area contributed by atoms with Crippen LogP contribution >= 0.6 is 0 Å². The van der Waals surface area contributed by atoms with E-state index in [1.54, 1.807) is 50.5 Å². The number of oxazole rings is 1. The molecule has 0 aliphatic heterocycles. The summed E-state index contributed by atoms with van der Waals surface area (Å²) in [4.78, 5) is 8.76. The van der Waals surface area contributed by atoms with Crippen molar-refractivity contribution in [2.75, 3.05) is 4.72 Å². The Morgan fingerprint density at radius 1 is 0.927 bits per heavy atom. The van der Waals surface area contributed by atoms with Gasteiger partial charge in [-0.05, 0) is 68.3 Å². The second-order valence-corrected chi connectivity index (χ2v) is 11.3. The second kappa shape index (κ2) is 10.5. The highest BCUT2D eigenvalue weighted by Gasteiger charge is 2.24. The quantitative estimate of drug-likeness (QED) is 0.236. The average Bonchev–Trinajstić information content (AvgIpc) is 3.74. The van der Waals surface area contributed by atoms with Gasteiger partial charge in [-0.15, -0.1) is 0 Å². The summed E-state index contributed by atoms with van der Waals surface area (Å²) < 4.78 is 42.4. The van der Waals surface area contributed by atoms with Gasteiger partial charge in [0.05, 0.1) is 29.0 Å². The molecule has 0 atom stereocenters. The van der Waals surface area contributed by atoms with Gasteiger partial charge >= 0.3 is 0 Å². The molecule has 0 radical (unpaired) electrons. The van der Waals surface area contributed by atoms with E-state index in [2.05, 4.69) is 19.8 Å². The molecule has 0 amide bonds. The lowest BCUT2D eigenvalue weighted by Gasteiger charge is -2.16. The Bertz CT molecular complexity index is 1940. The van der Waals surface area contributed by atoms with Crippen molar-refractivity contribution < 1.29 is 17.4 Å². The molecule has 2 aromatic carbocycles. The third-order valence-corrected chi connectivity index (χ3v) is 8.20. The number of anilines is 1. The molecule has 0 saturated carbocycles. The number of nitrogens with one attached hydrogen (secondary N) is 1. The third-order valence-electron chi connectivity index (χ3n) is 6.82. The normalized spacial score (nSPS) is 11.6. The van der Waals surface area contributed by atoms with Crippen molar-refractivity contribution >= 4 is 15.9 Å². The lowest BCUT2D eigenvalue weighted by Crippen LogP contribution is -2.14. The van der Waals surface area contributed by atoms with Crippen molar-refractivity contribution in [3.05, 3.63) is 108 Å². The monoisotopic (exact) mass is 566 g/mol. The van der Waals surface area contributed by atoms with Crippen molar-refractivity contribution in [3.8, 4) is 33.8 Å². The smallest absolute Gasteiger partial charge is 0.264 e. The number of nitrogens with zero attached hydrogens (tertiary/aromatic N) is 5. The zero-order valence-corrected chi connectivity index (χ0v) is 23.4. The van der Waals surface area contributed by atoms with Gasteiger partial charge in [-0.1, -0.05) is 29.4 Å². The van der Waals surface area contributed by atoms with Gasteiger partial charge in [-0.25, -0.2) is 18.1 Å². The largest absolute Gasteiger partial charge is 0.445 e. The summed E-state index contributed by atoms with van der Waals surface area (Å²) in [5.74, 6) is 0.551. The Morgan fingerprint density at radius 2 is 1.76 bits per heavy atom. The van der Waals surface area contributed by atoms with Crippen LogP contribution in [0.15, 0.2) is 99.4 Å². The molecule has 1 N–H and O–H groups in total. The van der Waals surface area contributed by atoms with Crippen LogP contribution in [0, 0.1) is 20.8 Å². The number of aromatic nitrogens is 5. The van der Waals surface area contributed by atoms with E-state index in [4.69, 9.17) is 14.0 Å². The van der Waals surface area contributed by atoms with E-state index >= 15 is 0 Å². The molecule has 6 aromatic rings. The summed E-state index contributed by atoms with van der Waals surface area (Å²) >= 11 is 0. The summed E-state index contributed by atoms with van der Waals surface area (Å²) in [6, 6.07) is 18.4. The second-order valence-electron chi connectivity index (χ2n) is 9.62. The van der Waals surface area contributed by atoms with Gasteiger partial charge in [0, 0.05) is 40.3 Å². The molecule has 0 unspecified atom stereocenters. The van der Waals surface area contributed by atoms with Crippen LogP contribution in [-0.4, -0.2) is 33.3 Å². The van der Waals surface area contributed by atoms with Crippen molar-refractivity contribution in [1.29, 1.82) is 0 Å². The van der Waals surface area contributed by atoms with E-state index in [9.17, 15) is 8.42 Å². The predicted octanol–water partition coefficient (Wildman–Crippen LogP) is 6.03. The number of benzene rings is 2. The minimum absolute atomic E-state index is 0.0893. The number of pyridine rings is 1. The number of aryl methyl sites for hydroxylation is 2. The molecule has 10 nitrogen and oxygen atoms in total. The summed E-state index contributed by atoms with van der Waals surface area (Å²) in [6.45, 7) is 5.81. The first-order valence-electron chi connectivity index (χ1n) is 12.8. The maximum absolute atomic E-state index is 13.6. The first-order chi connectivity index (χ1) is 19.8. The molecular formula is C30H26N6O4S. The molecule has 41 heavy (non-hydrogen) atoms. The molecule has 206 valence electrons. The van der Waals surface area contributed by atoms with Crippen LogP contribution < -0.4 is 4.72 Å². The topological polar surface area (TPSA) is 129 Å². The van der Waals surface area contributed by atoms with Gasteiger partial charge in [0.15, 0.2) is 0 Å². The zero-order chi connectivity index (χ0) is 28.6. The molecule has 4 heterocycles. The number of rotatable bonds is 8. The van der Waals surface area contributed by atoms with Gasteiger partial charge in [-0.3, -0.25) is 9.67 Å². The van der Waals surface area contributed by atoms with E-state index in [0.29, 0.717) is 29.3 Å². The highest BCUT2D eigenvalue weighted by Crippen LogP contribution is 2.34. The zero-order valence-electron chi connectivity index (χ0n) is 22.6. The first-order valence-corrected chi connectivity index (χ1v) is 14.3. The van der Waals surface area contributed by atoms with E-state index in [-0.39, 0.29) is 10.8 Å². The fourth-order valence-electron chi connectivity index (χ4n) is 4.49. The van der Waals surface area contributed by atoms with Crippen LogP contribution in [0.2, 0.25) is 0 Å². The van der Waals surface area contributed by atoms with Crippen molar-refractivity contribution in [3.63, 3.8) is 0 Å². The van der Waals surface area contributed by atoms with E-state index in [1.807, 2.05) is 54.2 Å². The molecule has 11 heteroatoms. The number of sulfonamides is 1. The number of hydrogen-bond acceptors (Lipinski definition) is 8. The molecule has 0 aliphatic rings. The lowest BCUT2D eigenvalue weighted by atomic mass is 9.97. The summed E-state index contributed by atoms with van der Waals surface area (Å²) in [6.07, 6.45) is 6.77. The first kappa shape index (κ1) is 26.2. The molecule has 6 rings (SSSR count). The predicted molar refractivity (Wildman–Crippen MR) is 153 cm³/mol. The Labute approximate surface area is 236 Å². The molecule has 0 spiro atoms. The summed E-state index contributed by atoms with van der Waals surface area (Å²) in [7, 11) is -4.02. The SMILES string of the molecule is Cc1ccc(-c2ccn(Cc3cc(-c4ncco4)ccc3-c3ccccc3S(=O)(=O)Nc3onc(C)c3C)n2)cn1. The molecule has 4 aromatic heterocycles. The van der Waals surface area contributed by atoms with E-state index < -0.39 is 10.0 Å². The van der Waals surface area contributed by atoms with Crippen molar-refractivity contribution in [1.82, 2.24) is 24.9 Å². The molecule has 0 saturated heterocycles. The molecular weight excluding hydrogens is 540 g/mol. The lowest BCUT2D eigenvalue weighted by molar-refractivity contribution is 0.430. The third kappa shape index (κ3) is 5.27. The van der Waals surface area contributed by atoms with Crippen LogP contribution in [0.3, 0.4) is 0 Å². The Balaban J connectivity index is 1.42. The number of hydrogen-bond donors (Lipinski definition) is 1. The molecule has 0 bridgehead atoms. The Morgan fingerprint density at radius 3 is 2.49 bits per heavy atom. The Kier molecular flexibility index (Phi) is 6.72. The van der Waals surface area contributed by atoms with Crippen molar-refractivity contribution in [2.24, 2.45) is 0 Å². The fraction of sp³-hybridized carbons (Fsp3) is 0.133. The maximum atomic E-state index is 13.6. The van der Waals surface area contributed by atoms with Gasteiger partial charge in [-0.2, -0.15) is 5.10 Å². The van der Waals surface area contributed by atoms with Crippen LogP contribution in [0.5, 0.6) is 0 Å². The molecule has 0 fully saturated rings. The van der Waals surface area contributed by atoms with Gasteiger partial charge in [0.2, 0.25) is 11.8 Å². The van der Waals surface area contributed by atoms with Crippen LogP contribution in [-0.2, 0) is 16.6 Å². The molecule has 0 aliphatic carbocycles. The standard InChI is InChI=1S/C30H26N6O4S/c1-19-8-9-23(17-32-19)27-12-14-36(33-27)18-24-16-22(30-31-13-15-39-30)10-11-25(24)26-6-4-5-7-28(26)41(37,38)35-29-20(2)21(3)34-40-29/h4-17,35H,18H2,1-3H3. The highest BCUT2D eigenvalue weighted by molar-refractivity contribution is 7.92. The average molecular weight is 567 g/mol. The summed E-state index contributed by atoms with van der Waals surface area (Å²) in [5, 5.41) is 8.63. The van der Waals surface area contributed by atoms with E-state index in [0.717, 1.165) is 33.6 Å². The minimum atomic E-state index is -4.02. The van der Waals surface area contributed by atoms with Gasteiger partial charge in [0.1, 0.15) is 6.26 Å². The minimum Gasteiger partial charge on any atom is -0.445 e. The van der Waals surface area contributed by atoms with Crippen LogP contribution in [0.4, 0.5) is 5.88 Å². The van der Waals surface area contributed by atoms with Crippen LogP contribution in [0.1, 0.15) is 22.5 Å².